The van der Waals surface area contributed by atoms with Crippen LogP contribution in [0.1, 0.15) is 78.0 Å². The number of likely N-dealkylation sites (tertiary alicyclic amines) is 1. The van der Waals surface area contributed by atoms with Crippen LogP contribution in [0.25, 0.3) is 0 Å². The minimum Gasteiger partial charge on any atom is -0.361 e. The van der Waals surface area contributed by atoms with Gasteiger partial charge in [-0.25, -0.2) is 4.98 Å². The van der Waals surface area contributed by atoms with Crippen molar-refractivity contribution in [2.24, 2.45) is 0 Å². The Balaban J connectivity index is 1.50. The molecule has 0 spiro atoms. The minimum absolute atomic E-state index is 0.00221. The van der Waals surface area contributed by atoms with Crippen LogP contribution < -0.4 is 5.32 Å². The number of aryl methyl sites for hydroxylation is 2. The van der Waals surface area contributed by atoms with E-state index in [2.05, 4.69) is 27.6 Å². The molecule has 1 fully saturated rings. The van der Waals surface area contributed by atoms with Crippen LogP contribution in [0, 0.1) is 6.92 Å². The lowest BCUT2D eigenvalue weighted by atomic mass is 9.93. The van der Waals surface area contributed by atoms with Gasteiger partial charge in [0.1, 0.15) is 22.1 Å². The first kappa shape index (κ1) is 21.4. The molecule has 31 heavy (non-hydrogen) atoms. The van der Waals surface area contributed by atoms with Gasteiger partial charge in [-0.15, -0.1) is 10.2 Å². The summed E-state index contributed by atoms with van der Waals surface area (Å²) in [5.41, 5.74) is 2.33. The average Bonchev–Trinajstić information content (AvgIpc) is 3.39. The molecular formula is C22H28N6O2S. The summed E-state index contributed by atoms with van der Waals surface area (Å²) in [6.07, 6.45) is 2.80. The molecule has 1 atom stereocenters. The first-order valence-corrected chi connectivity index (χ1v) is 11.6. The number of nitrogens with zero attached hydrogens (tertiary/aromatic N) is 5. The highest BCUT2D eigenvalue weighted by Crippen LogP contribution is 2.30. The standard InChI is InChI=1S/C22H28N6O2S/c1-5-18-25-26-22(31-18)24-17-10-6-9-16(23-17)15-8-7-11-28(12-15)21(29)19-14(4)30-27-20(19)13(2)3/h6,9-10,13,15H,5,7-8,11-12H2,1-4H3,(H,23,24,26)/t15-/m0/s1. The van der Waals surface area contributed by atoms with Crippen LogP contribution in [0.2, 0.25) is 0 Å². The SMILES string of the molecule is CCc1nnc(Nc2cccc([C@H]3CCCN(C(=O)c4c(C(C)C)noc4C)C3)n2)s1. The lowest BCUT2D eigenvalue weighted by Gasteiger charge is -2.32. The zero-order valence-corrected chi connectivity index (χ0v) is 19.2. The summed E-state index contributed by atoms with van der Waals surface area (Å²) < 4.78 is 5.33. The molecule has 1 aliphatic rings. The van der Waals surface area contributed by atoms with Crippen LogP contribution in [0.5, 0.6) is 0 Å². The number of hydrogen-bond acceptors (Lipinski definition) is 8. The number of pyridine rings is 1. The van der Waals surface area contributed by atoms with Gasteiger partial charge in [-0.05, 0) is 44.2 Å². The van der Waals surface area contributed by atoms with Gasteiger partial charge >= 0.3 is 0 Å². The Bertz CT molecular complexity index is 1060. The van der Waals surface area contributed by atoms with E-state index < -0.39 is 0 Å². The molecule has 8 nitrogen and oxygen atoms in total. The smallest absolute Gasteiger partial charge is 0.259 e. The molecule has 1 saturated heterocycles. The minimum atomic E-state index is 0.00221. The Morgan fingerprint density at radius 2 is 2.19 bits per heavy atom. The quantitative estimate of drug-likeness (QED) is 0.594. The highest BCUT2D eigenvalue weighted by atomic mass is 32.1. The van der Waals surface area contributed by atoms with E-state index in [4.69, 9.17) is 9.51 Å². The molecule has 0 aromatic carbocycles. The van der Waals surface area contributed by atoms with E-state index in [9.17, 15) is 4.79 Å². The number of anilines is 2. The van der Waals surface area contributed by atoms with E-state index in [1.165, 1.54) is 11.3 Å². The van der Waals surface area contributed by atoms with Crippen LogP contribution >= 0.6 is 11.3 Å². The molecule has 0 unspecified atom stereocenters. The van der Waals surface area contributed by atoms with Crippen molar-refractivity contribution in [1.29, 1.82) is 0 Å². The summed E-state index contributed by atoms with van der Waals surface area (Å²) in [6.45, 7) is 9.29. The fourth-order valence-electron chi connectivity index (χ4n) is 3.91. The number of aromatic nitrogens is 4. The predicted octanol–water partition coefficient (Wildman–Crippen LogP) is 4.68. The maximum atomic E-state index is 13.3. The summed E-state index contributed by atoms with van der Waals surface area (Å²) in [4.78, 5) is 20.0. The zero-order valence-electron chi connectivity index (χ0n) is 18.4. The van der Waals surface area contributed by atoms with Crippen LogP contribution in [-0.4, -0.2) is 44.2 Å². The Labute approximate surface area is 186 Å². The number of hydrogen-bond donors (Lipinski definition) is 1. The van der Waals surface area contributed by atoms with E-state index in [1.54, 1.807) is 0 Å². The van der Waals surface area contributed by atoms with Gasteiger partial charge in [0.25, 0.3) is 5.91 Å². The van der Waals surface area contributed by atoms with Crippen LogP contribution in [-0.2, 0) is 6.42 Å². The molecule has 3 aromatic heterocycles. The molecule has 1 aliphatic heterocycles. The van der Waals surface area contributed by atoms with E-state index in [1.807, 2.05) is 43.9 Å². The topological polar surface area (TPSA) is 97.0 Å². The fraction of sp³-hybridized carbons (Fsp3) is 0.500. The molecule has 1 amide bonds. The average molecular weight is 441 g/mol. The Kier molecular flexibility index (Phi) is 6.31. The molecule has 4 rings (SSSR count). The van der Waals surface area contributed by atoms with Crippen molar-refractivity contribution in [2.75, 3.05) is 18.4 Å². The normalized spacial score (nSPS) is 16.7. The lowest BCUT2D eigenvalue weighted by Crippen LogP contribution is -2.39. The number of rotatable bonds is 6. The van der Waals surface area contributed by atoms with Gasteiger partial charge in [-0.2, -0.15) is 0 Å². The van der Waals surface area contributed by atoms with Crippen molar-refractivity contribution in [3.63, 3.8) is 0 Å². The Morgan fingerprint density at radius 3 is 2.94 bits per heavy atom. The fourth-order valence-corrected chi connectivity index (χ4v) is 4.60. The predicted molar refractivity (Wildman–Crippen MR) is 120 cm³/mol. The number of carbonyl (C=O) groups excluding carboxylic acids is 1. The van der Waals surface area contributed by atoms with Crippen molar-refractivity contribution in [3.8, 4) is 0 Å². The number of amides is 1. The first-order chi connectivity index (χ1) is 15.0. The highest BCUT2D eigenvalue weighted by Gasteiger charge is 2.31. The molecule has 4 heterocycles. The maximum absolute atomic E-state index is 13.3. The Morgan fingerprint density at radius 1 is 1.35 bits per heavy atom. The summed E-state index contributed by atoms with van der Waals surface area (Å²) in [6, 6.07) is 5.96. The second-order valence-electron chi connectivity index (χ2n) is 8.17. The van der Waals surface area contributed by atoms with Gasteiger partial charge in [0.05, 0.1) is 5.69 Å². The van der Waals surface area contributed by atoms with Crippen LogP contribution in [0.3, 0.4) is 0 Å². The van der Waals surface area contributed by atoms with Gasteiger partial charge in [-0.1, -0.05) is 43.3 Å². The summed E-state index contributed by atoms with van der Waals surface area (Å²) in [7, 11) is 0. The molecule has 9 heteroatoms. The monoisotopic (exact) mass is 440 g/mol. The van der Waals surface area contributed by atoms with E-state index in [0.717, 1.165) is 53.2 Å². The van der Waals surface area contributed by atoms with Crippen molar-refractivity contribution >= 4 is 28.2 Å². The molecular weight excluding hydrogens is 412 g/mol. The third-order valence-corrected chi connectivity index (χ3v) is 6.53. The third kappa shape index (κ3) is 4.61. The number of carbonyl (C=O) groups is 1. The molecule has 1 N–H and O–H groups in total. The summed E-state index contributed by atoms with van der Waals surface area (Å²) in [5.74, 6) is 1.65. The molecule has 0 saturated carbocycles. The van der Waals surface area contributed by atoms with E-state index >= 15 is 0 Å². The van der Waals surface area contributed by atoms with Crippen LogP contribution in [0.4, 0.5) is 10.9 Å². The molecule has 3 aromatic rings. The molecule has 0 bridgehead atoms. The lowest BCUT2D eigenvalue weighted by molar-refractivity contribution is 0.0703. The van der Waals surface area contributed by atoms with Gasteiger partial charge in [0.2, 0.25) is 5.13 Å². The van der Waals surface area contributed by atoms with Crippen molar-refractivity contribution < 1.29 is 9.32 Å². The number of nitrogens with one attached hydrogen (secondary N) is 1. The van der Waals surface area contributed by atoms with Gasteiger partial charge < -0.3 is 14.7 Å². The summed E-state index contributed by atoms with van der Waals surface area (Å²) in [5, 5.41) is 17.4. The second-order valence-corrected chi connectivity index (χ2v) is 9.23. The van der Waals surface area contributed by atoms with E-state index in [-0.39, 0.29) is 17.7 Å². The molecule has 0 radical (unpaired) electrons. The number of piperidine rings is 1. The summed E-state index contributed by atoms with van der Waals surface area (Å²) >= 11 is 1.54. The molecule has 164 valence electrons. The Hall–Kier alpha value is -2.81. The van der Waals surface area contributed by atoms with Crippen molar-refractivity contribution in [3.05, 3.63) is 45.9 Å². The van der Waals surface area contributed by atoms with Crippen molar-refractivity contribution in [1.82, 2.24) is 25.2 Å². The van der Waals surface area contributed by atoms with Crippen molar-refractivity contribution in [2.45, 2.75) is 58.8 Å². The zero-order chi connectivity index (χ0) is 22.0. The third-order valence-electron chi connectivity index (χ3n) is 5.55. The van der Waals surface area contributed by atoms with Gasteiger partial charge in [0, 0.05) is 24.7 Å². The van der Waals surface area contributed by atoms with Crippen LogP contribution in [0.15, 0.2) is 22.7 Å². The van der Waals surface area contributed by atoms with Gasteiger partial charge in [0.15, 0.2) is 0 Å². The maximum Gasteiger partial charge on any atom is 0.259 e. The highest BCUT2D eigenvalue weighted by molar-refractivity contribution is 7.15. The van der Waals surface area contributed by atoms with E-state index in [0.29, 0.717) is 17.9 Å². The molecule has 0 aliphatic carbocycles. The first-order valence-electron chi connectivity index (χ1n) is 10.8. The largest absolute Gasteiger partial charge is 0.361 e. The second kappa shape index (κ2) is 9.13. The van der Waals surface area contributed by atoms with Gasteiger partial charge in [-0.3, -0.25) is 4.79 Å².